The van der Waals surface area contributed by atoms with Gasteiger partial charge in [-0.15, -0.1) is 0 Å². The van der Waals surface area contributed by atoms with Gasteiger partial charge in [-0.05, 0) is 32.4 Å². The molecule has 0 bridgehead atoms. The number of rotatable bonds is 3. The second-order valence-electron chi connectivity index (χ2n) is 2.60. The van der Waals surface area contributed by atoms with Crippen LogP contribution in [-0.4, -0.2) is 19.3 Å². The molecule has 1 heterocycles. The van der Waals surface area contributed by atoms with Crippen molar-refractivity contribution in [1.29, 1.82) is 0 Å². The fourth-order valence-corrected chi connectivity index (χ4v) is 1.18. The van der Waals surface area contributed by atoms with Crippen LogP contribution < -0.4 is 10.6 Å². The van der Waals surface area contributed by atoms with E-state index in [9.17, 15) is 0 Å². The molecule has 0 saturated carbocycles. The third-order valence-corrected chi connectivity index (χ3v) is 1.70. The summed E-state index contributed by atoms with van der Waals surface area (Å²) in [4.78, 5) is 0. The van der Waals surface area contributed by atoms with Crippen LogP contribution in [0.3, 0.4) is 0 Å². The number of hydrogen-bond acceptors (Lipinski definition) is 2. The quantitative estimate of drug-likeness (QED) is 0.584. The van der Waals surface area contributed by atoms with Crippen molar-refractivity contribution in [2.24, 2.45) is 0 Å². The summed E-state index contributed by atoms with van der Waals surface area (Å²) >= 11 is 0. The van der Waals surface area contributed by atoms with Crippen molar-refractivity contribution in [3.05, 3.63) is 0 Å². The Bertz CT molecular complexity index is 67.3. The lowest BCUT2D eigenvalue weighted by molar-refractivity contribution is 0.483. The zero-order valence-electron chi connectivity index (χ0n) is 6.11. The first kappa shape index (κ1) is 7.03. The van der Waals surface area contributed by atoms with E-state index in [2.05, 4.69) is 17.6 Å². The molecule has 9 heavy (non-hydrogen) atoms. The maximum Gasteiger partial charge on any atom is 0.0572 e. The third-order valence-electron chi connectivity index (χ3n) is 1.70. The topological polar surface area (TPSA) is 24.1 Å². The molecule has 1 saturated heterocycles. The number of nitrogens with one attached hydrogen (secondary N) is 2. The summed E-state index contributed by atoms with van der Waals surface area (Å²) in [6.45, 7) is 4.54. The minimum atomic E-state index is 0.616. The molecular formula is C7H16N2. The van der Waals surface area contributed by atoms with Crippen molar-refractivity contribution in [3.63, 3.8) is 0 Å². The van der Waals surface area contributed by atoms with Gasteiger partial charge in [0.1, 0.15) is 0 Å². The monoisotopic (exact) mass is 128 g/mol. The molecule has 0 radical (unpaired) electrons. The van der Waals surface area contributed by atoms with Crippen LogP contribution in [0, 0.1) is 0 Å². The Kier molecular flexibility index (Phi) is 3.01. The molecule has 2 N–H and O–H groups in total. The van der Waals surface area contributed by atoms with Gasteiger partial charge >= 0.3 is 0 Å². The van der Waals surface area contributed by atoms with Gasteiger partial charge in [-0.3, -0.25) is 0 Å². The average Bonchev–Trinajstić information content (AvgIpc) is 2.34. The minimum Gasteiger partial charge on any atom is -0.302 e. The third kappa shape index (κ3) is 2.33. The largest absolute Gasteiger partial charge is 0.302 e. The van der Waals surface area contributed by atoms with E-state index in [1.165, 1.54) is 25.8 Å². The van der Waals surface area contributed by atoms with Crippen molar-refractivity contribution in [3.8, 4) is 0 Å². The highest BCUT2D eigenvalue weighted by atomic mass is 15.1. The fraction of sp³-hybridized carbons (Fsp3) is 1.00. The lowest BCUT2D eigenvalue weighted by atomic mass is 10.3. The fourth-order valence-electron chi connectivity index (χ4n) is 1.18. The van der Waals surface area contributed by atoms with Gasteiger partial charge in [0.2, 0.25) is 0 Å². The first-order chi connectivity index (χ1) is 4.43. The second kappa shape index (κ2) is 3.85. The Hall–Kier alpha value is -0.0800. The molecule has 0 aromatic carbocycles. The Morgan fingerprint density at radius 2 is 2.56 bits per heavy atom. The van der Waals surface area contributed by atoms with E-state index in [-0.39, 0.29) is 0 Å². The van der Waals surface area contributed by atoms with Crippen molar-refractivity contribution in [2.45, 2.75) is 32.4 Å². The lowest BCUT2D eigenvalue weighted by Crippen LogP contribution is -2.37. The van der Waals surface area contributed by atoms with E-state index >= 15 is 0 Å². The predicted molar refractivity (Wildman–Crippen MR) is 39.3 cm³/mol. The maximum absolute atomic E-state index is 3.42. The Labute approximate surface area is 57.0 Å². The molecule has 1 aliphatic rings. The van der Waals surface area contributed by atoms with Gasteiger partial charge in [-0.25, -0.2) is 0 Å². The molecule has 0 spiro atoms. The van der Waals surface area contributed by atoms with Crippen molar-refractivity contribution in [2.75, 3.05) is 13.1 Å². The zero-order chi connectivity index (χ0) is 6.53. The number of hydrogen-bond donors (Lipinski definition) is 2. The SMILES string of the molecule is CCCNC1CCCN1. The first-order valence-corrected chi connectivity index (χ1v) is 3.90. The molecule has 54 valence electrons. The normalized spacial score (nSPS) is 27.0. The van der Waals surface area contributed by atoms with E-state index in [1.807, 2.05) is 0 Å². The first-order valence-electron chi connectivity index (χ1n) is 3.90. The average molecular weight is 128 g/mol. The van der Waals surface area contributed by atoms with Gasteiger partial charge in [0.25, 0.3) is 0 Å². The summed E-state index contributed by atoms with van der Waals surface area (Å²) in [5.74, 6) is 0. The summed E-state index contributed by atoms with van der Waals surface area (Å²) in [5, 5.41) is 6.80. The van der Waals surface area contributed by atoms with Gasteiger partial charge in [0, 0.05) is 0 Å². The van der Waals surface area contributed by atoms with Crippen LogP contribution in [0.15, 0.2) is 0 Å². The summed E-state index contributed by atoms with van der Waals surface area (Å²) in [5.41, 5.74) is 0. The van der Waals surface area contributed by atoms with Crippen LogP contribution >= 0.6 is 0 Å². The van der Waals surface area contributed by atoms with E-state index in [0.29, 0.717) is 6.17 Å². The molecule has 1 unspecified atom stereocenters. The highest BCUT2D eigenvalue weighted by Gasteiger charge is 2.10. The summed E-state index contributed by atoms with van der Waals surface area (Å²) < 4.78 is 0. The standard InChI is InChI=1S/C7H16N2/c1-2-5-8-7-4-3-6-9-7/h7-9H,2-6H2,1H3. The molecule has 2 heteroatoms. The van der Waals surface area contributed by atoms with Gasteiger partial charge in [-0.1, -0.05) is 6.92 Å². The zero-order valence-corrected chi connectivity index (χ0v) is 6.11. The van der Waals surface area contributed by atoms with Gasteiger partial charge in [-0.2, -0.15) is 0 Å². The highest BCUT2D eigenvalue weighted by Crippen LogP contribution is 2.00. The van der Waals surface area contributed by atoms with Crippen LogP contribution in [0.5, 0.6) is 0 Å². The predicted octanol–water partition coefficient (Wildman–Crippen LogP) is 0.695. The van der Waals surface area contributed by atoms with Gasteiger partial charge in [0.15, 0.2) is 0 Å². The molecule has 1 rings (SSSR count). The molecule has 0 aliphatic carbocycles. The molecule has 0 aromatic heterocycles. The molecule has 0 amide bonds. The molecule has 1 aliphatic heterocycles. The van der Waals surface area contributed by atoms with E-state index in [0.717, 1.165) is 6.54 Å². The molecule has 2 nitrogen and oxygen atoms in total. The summed E-state index contributed by atoms with van der Waals surface area (Å²) in [6, 6.07) is 0. The van der Waals surface area contributed by atoms with Crippen LogP contribution in [0.25, 0.3) is 0 Å². The van der Waals surface area contributed by atoms with Crippen molar-refractivity contribution < 1.29 is 0 Å². The van der Waals surface area contributed by atoms with Crippen LogP contribution in [0.4, 0.5) is 0 Å². The Morgan fingerprint density at radius 3 is 3.11 bits per heavy atom. The minimum absolute atomic E-state index is 0.616. The molecular weight excluding hydrogens is 112 g/mol. The van der Waals surface area contributed by atoms with Crippen LogP contribution in [0.2, 0.25) is 0 Å². The van der Waals surface area contributed by atoms with Gasteiger partial charge < -0.3 is 10.6 Å². The van der Waals surface area contributed by atoms with Crippen molar-refractivity contribution >= 4 is 0 Å². The summed E-state index contributed by atoms with van der Waals surface area (Å²) in [6.07, 6.45) is 4.49. The Balaban J connectivity index is 1.98. The van der Waals surface area contributed by atoms with E-state index in [4.69, 9.17) is 0 Å². The molecule has 1 fully saturated rings. The molecule has 1 atom stereocenters. The molecule has 0 aromatic rings. The van der Waals surface area contributed by atoms with Crippen molar-refractivity contribution in [1.82, 2.24) is 10.6 Å². The highest BCUT2D eigenvalue weighted by molar-refractivity contribution is 4.70. The smallest absolute Gasteiger partial charge is 0.0572 e. The van der Waals surface area contributed by atoms with E-state index < -0.39 is 0 Å². The van der Waals surface area contributed by atoms with E-state index in [1.54, 1.807) is 0 Å². The van der Waals surface area contributed by atoms with Gasteiger partial charge in [0.05, 0.1) is 6.17 Å². The Morgan fingerprint density at radius 1 is 1.67 bits per heavy atom. The van der Waals surface area contributed by atoms with Crippen LogP contribution in [0.1, 0.15) is 26.2 Å². The van der Waals surface area contributed by atoms with Crippen LogP contribution in [-0.2, 0) is 0 Å². The second-order valence-corrected chi connectivity index (χ2v) is 2.60. The lowest BCUT2D eigenvalue weighted by Gasteiger charge is -2.10. The summed E-state index contributed by atoms with van der Waals surface area (Å²) in [7, 11) is 0. The maximum atomic E-state index is 3.42.